The first kappa shape index (κ1) is 16.8. The molecule has 2 aliphatic carbocycles. The number of carboxylic acids is 2. The van der Waals surface area contributed by atoms with Crippen LogP contribution in [0.2, 0.25) is 0 Å². The fourth-order valence-corrected chi connectivity index (χ4v) is 3.95. The van der Waals surface area contributed by atoms with Gasteiger partial charge in [0.2, 0.25) is 0 Å². The zero-order chi connectivity index (χ0) is 19.5. The van der Waals surface area contributed by atoms with E-state index in [-0.39, 0.29) is 47.3 Å². The minimum absolute atomic E-state index is 0.0235. The van der Waals surface area contributed by atoms with E-state index in [0.29, 0.717) is 5.56 Å². The summed E-state index contributed by atoms with van der Waals surface area (Å²) in [6, 6.07) is 6.03. The van der Waals surface area contributed by atoms with Crippen molar-refractivity contribution >= 4 is 29.3 Å². The van der Waals surface area contributed by atoms with Crippen LogP contribution in [0.15, 0.2) is 24.3 Å². The predicted molar refractivity (Wildman–Crippen MR) is 90.7 cm³/mol. The van der Waals surface area contributed by atoms with Crippen molar-refractivity contribution in [2.24, 2.45) is 0 Å². The molecule has 0 amide bonds. The van der Waals surface area contributed by atoms with Crippen molar-refractivity contribution in [1.82, 2.24) is 0 Å². The summed E-state index contributed by atoms with van der Waals surface area (Å²) in [6.45, 7) is 0. The molecule has 0 unspecified atom stereocenters. The van der Waals surface area contributed by atoms with Crippen molar-refractivity contribution in [3.05, 3.63) is 68.8 Å². The van der Waals surface area contributed by atoms with Crippen LogP contribution in [0.4, 0.5) is 0 Å². The van der Waals surface area contributed by atoms with Gasteiger partial charge in [-0.05, 0) is 17.5 Å². The zero-order valence-corrected chi connectivity index (χ0v) is 13.9. The van der Waals surface area contributed by atoms with Gasteiger partial charge in [0, 0.05) is 35.1 Å². The first-order valence-corrected chi connectivity index (χ1v) is 8.21. The number of rotatable bonds is 2. The number of ketones is 3. The highest BCUT2D eigenvalue weighted by Crippen LogP contribution is 2.38. The summed E-state index contributed by atoms with van der Waals surface area (Å²) in [6.07, 6.45) is -0.0699. The van der Waals surface area contributed by atoms with E-state index >= 15 is 0 Å². The predicted octanol–water partition coefficient (Wildman–Crippen LogP) is 1.92. The number of carbonyl (C=O) groups is 5. The molecule has 27 heavy (non-hydrogen) atoms. The van der Waals surface area contributed by atoms with Gasteiger partial charge in [-0.2, -0.15) is 0 Å². The Morgan fingerprint density at radius 2 is 1.30 bits per heavy atom. The lowest BCUT2D eigenvalue weighted by Crippen LogP contribution is -2.31. The lowest BCUT2D eigenvalue weighted by molar-refractivity contribution is -0.118. The normalized spacial score (nSPS) is 15.0. The van der Waals surface area contributed by atoms with Gasteiger partial charge < -0.3 is 10.2 Å². The van der Waals surface area contributed by atoms with Crippen molar-refractivity contribution < 1.29 is 34.2 Å². The molecule has 2 N–H and O–H groups in total. The van der Waals surface area contributed by atoms with Crippen LogP contribution < -0.4 is 0 Å². The number of Topliss-reactive ketones (excluding diaryl/α,β-unsaturated/α-hetero) is 1. The summed E-state index contributed by atoms with van der Waals surface area (Å²) in [5.74, 6) is -4.62. The summed E-state index contributed by atoms with van der Waals surface area (Å²) in [5.41, 5.74) is -1.27. The molecule has 0 atom stereocenters. The van der Waals surface area contributed by atoms with Crippen molar-refractivity contribution in [2.75, 3.05) is 0 Å². The van der Waals surface area contributed by atoms with E-state index in [2.05, 4.69) is 0 Å². The monoisotopic (exact) mass is 364 g/mol. The van der Waals surface area contributed by atoms with E-state index in [4.69, 9.17) is 0 Å². The first-order chi connectivity index (χ1) is 12.8. The molecule has 0 aromatic heterocycles. The third kappa shape index (κ3) is 2.25. The molecule has 2 aromatic carbocycles. The third-order valence-corrected chi connectivity index (χ3v) is 5.04. The highest BCUT2D eigenvalue weighted by molar-refractivity contribution is 6.32. The minimum Gasteiger partial charge on any atom is -0.478 e. The Kier molecular flexibility index (Phi) is 3.56. The van der Waals surface area contributed by atoms with Crippen molar-refractivity contribution in [2.45, 2.75) is 19.3 Å². The van der Waals surface area contributed by atoms with Crippen molar-refractivity contribution in [1.29, 1.82) is 0 Å². The molecule has 0 spiro atoms. The van der Waals surface area contributed by atoms with E-state index in [1.54, 1.807) is 12.1 Å². The third-order valence-electron chi connectivity index (χ3n) is 5.04. The number of carbonyl (C=O) groups excluding carboxylic acids is 3. The van der Waals surface area contributed by atoms with Crippen molar-refractivity contribution in [3.63, 3.8) is 0 Å². The zero-order valence-electron chi connectivity index (χ0n) is 13.9. The second-order valence-corrected chi connectivity index (χ2v) is 6.49. The fraction of sp³-hybridized carbons (Fsp3) is 0.150. The second-order valence-electron chi connectivity index (χ2n) is 6.49. The quantitative estimate of drug-likeness (QED) is 0.711. The molecule has 2 aliphatic rings. The molecule has 134 valence electrons. The number of hydrogen-bond donors (Lipinski definition) is 2. The Balaban J connectivity index is 2.20. The lowest BCUT2D eigenvalue weighted by Gasteiger charge is -2.27. The van der Waals surface area contributed by atoms with Gasteiger partial charge in [0.1, 0.15) is 5.78 Å². The van der Waals surface area contributed by atoms with E-state index in [9.17, 15) is 34.2 Å². The second kappa shape index (κ2) is 5.70. The van der Waals surface area contributed by atoms with E-state index < -0.39 is 40.2 Å². The van der Waals surface area contributed by atoms with Crippen LogP contribution in [0, 0.1) is 0 Å². The Morgan fingerprint density at radius 1 is 0.741 bits per heavy atom. The molecule has 0 aliphatic heterocycles. The van der Waals surface area contributed by atoms with E-state index in [1.807, 2.05) is 0 Å². The van der Waals surface area contributed by atoms with Crippen LogP contribution in [0.3, 0.4) is 0 Å². The van der Waals surface area contributed by atoms with Crippen LogP contribution in [-0.2, 0) is 17.6 Å². The van der Waals surface area contributed by atoms with Crippen LogP contribution >= 0.6 is 0 Å². The highest BCUT2D eigenvalue weighted by Gasteiger charge is 2.41. The molecule has 0 saturated heterocycles. The summed E-state index contributed by atoms with van der Waals surface area (Å²) in [4.78, 5) is 61.8. The van der Waals surface area contributed by atoms with Gasteiger partial charge in [-0.3, -0.25) is 14.4 Å². The van der Waals surface area contributed by atoms with Gasteiger partial charge >= 0.3 is 11.9 Å². The Morgan fingerprint density at radius 3 is 1.85 bits per heavy atom. The van der Waals surface area contributed by atoms with Crippen LogP contribution in [0.5, 0.6) is 0 Å². The molecule has 7 heteroatoms. The van der Waals surface area contributed by atoms with Gasteiger partial charge in [0.05, 0.1) is 11.1 Å². The van der Waals surface area contributed by atoms with Crippen molar-refractivity contribution in [3.8, 4) is 0 Å². The van der Waals surface area contributed by atoms with Crippen LogP contribution in [-0.4, -0.2) is 39.5 Å². The number of hydrogen-bond acceptors (Lipinski definition) is 5. The summed E-state index contributed by atoms with van der Waals surface area (Å²) in [7, 11) is 0. The fourth-order valence-electron chi connectivity index (χ4n) is 3.95. The molecule has 0 fully saturated rings. The smallest absolute Gasteiger partial charge is 0.337 e. The minimum atomic E-state index is -1.62. The Hall–Kier alpha value is -3.61. The summed E-state index contributed by atoms with van der Waals surface area (Å²) >= 11 is 0. The Bertz CT molecular complexity index is 1110. The lowest BCUT2D eigenvalue weighted by atomic mass is 9.72. The van der Waals surface area contributed by atoms with Gasteiger partial charge in [-0.15, -0.1) is 0 Å². The highest BCUT2D eigenvalue weighted by atomic mass is 16.4. The molecule has 2 aromatic rings. The van der Waals surface area contributed by atoms with Gasteiger partial charge in [0.25, 0.3) is 0 Å². The molecule has 4 rings (SSSR count). The van der Waals surface area contributed by atoms with Gasteiger partial charge in [0.15, 0.2) is 11.6 Å². The molecule has 7 nitrogen and oxygen atoms in total. The number of fused-ring (bicyclic) bond motifs is 4. The largest absolute Gasteiger partial charge is 0.478 e. The van der Waals surface area contributed by atoms with Gasteiger partial charge in [-0.25, -0.2) is 9.59 Å². The van der Waals surface area contributed by atoms with E-state index in [0.717, 1.165) is 0 Å². The average molecular weight is 364 g/mol. The van der Waals surface area contributed by atoms with E-state index in [1.165, 1.54) is 12.1 Å². The molecular weight excluding hydrogens is 352 g/mol. The molecule has 0 saturated carbocycles. The molecule has 0 radical (unpaired) electrons. The summed E-state index contributed by atoms with van der Waals surface area (Å²) in [5, 5.41) is 19.3. The maximum absolute atomic E-state index is 13.1. The maximum Gasteiger partial charge on any atom is 0.337 e. The van der Waals surface area contributed by atoms with Crippen LogP contribution in [0.25, 0.3) is 0 Å². The standard InChI is InChI=1S/C20H12O7/c21-8-5-6-9-12(7-8)14(19(24)25)16(20(26)27)15-13(9)17(22)10-3-1-2-4-11(10)18(15)23/h1-4H,5-7H2,(H,24,25)(H,26,27). The number of carboxylic acid groups (broad SMARTS) is 2. The molecular formula is C20H12O7. The summed E-state index contributed by atoms with van der Waals surface area (Å²) < 4.78 is 0. The molecule has 0 heterocycles. The Labute approximate surface area is 152 Å². The van der Waals surface area contributed by atoms with Crippen LogP contribution in [0.1, 0.15) is 70.1 Å². The average Bonchev–Trinajstić information content (AvgIpc) is 2.63. The topological polar surface area (TPSA) is 126 Å². The maximum atomic E-state index is 13.1. The SMILES string of the molecule is O=C1CCc2c(c(C(=O)O)c(C(=O)O)c3c2C(=O)c2ccccc2C3=O)C1. The number of aromatic carboxylic acids is 2. The van der Waals surface area contributed by atoms with Gasteiger partial charge in [-0.1, -0.05) is 24.3 Å². The number of benzene rings is 2. The first-order valence-electron chi connectivity index (χ1n) is 8.21. The molecule has 0 bridgehead atoms.